The fourth-order valence-corrected chi connectivity index (χ4v) is 4.11. The molecule has 1 aromatic carbocycles. The maximum absolute atomic E-state index is 12.5. The van der Waals surface area contributed by atoms with Gasteiger partial charge in [-0.2, -0.15) is 4.31 Å². The maximum Gasteiger partial charge on any atom is 0.243 e. The lowest BCUT2D eigenvalue weighted by atomic mass is 10.1. The second-order valence-electron chi connectivity index (χ2n) is 5.71. The van der Waals surface area contributed by atoms with E-state index in [1.807, 2.05) is 0 Å². The molecule has 0 aromatic heterocycles. The smallest absolute Gasteiger partial charge is 0.243 e. The van der Waals surface area contributed by atoms with Gasteiger partial charge in [0.05, 0.1) is 11.3 Å². The van der Waals surface area contributed by atoms with E-state index in [1.54, 1.807) is 24.3 Å². The number of aliphatic hydroxyl groups excluding tert-OH is 1. The van der Waals surface area contributed by atoms with E-state index in [9.17, 15) is 13.2 Å². The van der Waals surface area contributed by atoms with E-state index in [0.29, 0.717) is 26.1 Å². The molecule has 0 aliphatic carbocycles. The zero-order valence-corrected chi connectivity index (χ0v) is 14.0. The minimum Gasteiger partial charge on any atom is -0.396 e. The second kappa shape index (κ2) is 8.42. The van der Waals surface area contributed by atoms with Crippen molar-refractivity contribution in [2.24, 2.45) is 0 Å². The van der Waals surface area contributed by atoms with Crippen LogP contribution < -0.4 is 5.32 Å². The average Bonchev–Trinajstić information content (AvgIpc) is 2.56. The third-order valence-corrected chi connectivity index (χ3v) is 5.81. The summed E-state index contributed by atoms with van der Waals surface area (Å²) < 4.78 is 26.6. The fourth-order valence-electron chi connectivity index (χ4n) is 2.59. The molecule has 0 unspecified atom stereocenters. The Hall–Kier alpha value is -1.44. The van der Waals surface area contributed by atoms with Crippen LogP contribution >= 0.6 is 0 Å². The van der Waals surface area contributed by atoms with E-state index >= 15 is 0 Å². The van der Waals surface area contributed by atoms with Gasteiger partial charge in [-0.3, -0.25) is 4.79 Å². The zero-order chi connectivity index (χ0) is 16.7. The molecule has 6 nitrogen and oxygen atoms in total. The number of carbonyl (C=O) groups excluding carboxylic acids is 1. The van der Waals surface area contributed by atoms with Crippen molar-refractivity contribution >= 4 is 15.9 Å². The molecule has 0 radical (unpaired) electrons. The van der Waals surface area contributed by atoms with Crippen molar-refractivity contribution in [2.45, 2.75) is 37.0 Å². The van der Waals surface area contributed by atoms with Crippen LogP contribution in [-0.4, -0.2) is 50.0 Å². The molecular formula is C16H24N2O4S. The van der Waals surface area contributed by atoms with Crippen LogP contribution in [0.25, 0.3) is 0 Å². The monoisotopic (exact) mass is 340 g/mol. The fraction of sp³-hybridized carbons (Fsp3) is 0.562. The Labute approximate surface area is 137 Å². The van der Waals surface area contributed by atoms with Gasteiger partial charge in [0.25, 0.3) is 0 Å². The van der Waals surface area contributed by atoms with Gasteiger partial charge in [-0.1, -0.05) is 18.6 Å². The maximum atomic E-state index is 12.5. The molecule has 0 atom stereocenters. The summed E-state index contributed by atoms with van der Waals surface area (Å²) in [6.07, 6.45) is 3.63. The highest BCUT2D eigenvalue weighted by atomic mass is 32.2. The van der Waals surface area contributed by atoms with Gasteiger partial charge in [-0.25, -0.2) is 8.42 Å². The van der Waals surface area contributed by atoms with Gasteiger partial charge in [0, 0.05) is 26.2 Å². The van der Waals surface area contributed by atoms with E-state index in [-0.39, 0.29) is 23.8 Å². The molecule has 1 amide bonds. The number of hydrogen-bond acceptors (Lipinski definition) is 4. The van der Waals surface area contributed by atoms with E-state index < -0.39 is 10.0 Å². The number of hydrogen-bond donors (Lipinski definition) is 2. The first-order valence-corrected chi connectivity index (χ1v) is 9.44. The van der Waals surface area contributed by atoms with Gasteiger partial charge in [-0.15, -0.1) is 0 Å². The molecule has 1 heterocycles. The number of benzene rings is 1. The lowest BCUT2D eigenvalue weighted by Gasteiger charge is -2.25. The van der Waals surface area contributed by atoms with Gasteiger partial charge < -0.3 is 10.4 Å². The van der Waals surface area contributed by atoms with Crippen LogP contribution in [0.15, 0.2) is 29.2 Å². The number of sulfonamides is 1. The van der Waals surface area contributed by atoms with Crippen molar-refractivity contribution in [1.29, 1.82) is 0 Å². The number of nitrogens with zero attached hydrogens (tertiary/aromatic N) is 1. The van der Waals surface area contributed by atoms with Crippen molar-refractivity contribution in [2.75, 3.05) is 26.2 Å². The summed E-state index contributed by atoms with van der Waals surface area (Å²) in [5.41, 5.74) is 0.768. The van der Waals surface area contributed by atoms with E-state index in [1.165, 1.54) is 4.31 Å². The van der Waals surface area contributed by atoms with Crippen LogP contribution in [0.4, 0.5) is 0 Å². The molecule has 1 aliphatic rings. The van der Waals surface area contributed by atoms with Crippen molar-refractivity contribution in [3.63, 3.8) is 0 Å². The molecule has 1 aliphatic heterocycles. The summed E-state index contributed by atoms with van der Waals surface area (Å²) in [4.78, 5) is 12.0. The number of aliphatic hydroxyl groups is 1. The van der Waals surface area contributed by atoms with E-state index in [4.69, 9.17) is 5.11 Å². The van der Waals surface area contributed by atoms with Gasteiger partial charge in [0.15, 0.2) is 0 Å². The normalized spacial score (nSPS) is 16.2. The molecule has 0 spiro atoms. The lowest BCUT2D eigenvalue weighted by molar-refractivity contribution is -0.120. The number of rotatable bonds is 7. The summed E-state index contributed by atoms with van der Waals surface area (Å²) in [5.74, 6) is -0.134. The Morgan fingerprint density at radius 2 is 1.78 bits per heavy atom. The Kier molecular flexibility index (Phi) is 6.56. The number of piperidine rings is 1. The lowest BCUT2D eigenvalue weighted by Crippen LogP contribution is -2.35. The zero-order valence-electron chi connectivity index (χ0n) is 13.2. The summed E-state index contributed by atoms with van der Waals surface area (Å²) >= 11 is 0. The first kappa shape index (κ1) is 17.9. The topological polar surface area (TPSA) is 86.7 Å². The van der Waals surface area contributed by atoms with Crippen molar-refractivity contribution in [3.8, 4) is 0 Å². The van der Waals surface area contributed by atoms with E-state index in [2.05, 4.69) is 5.32 Å². The molecule has 1 fully saturated rings. The van der Waals surface area contributed by atoms with Crippen LogP contribution in [0.1, 0.15) is 31.2 Å². The number of nitrogens with one attached hydrogen (secondary N) is 1. The second-order valence-corrected chi connectivity index (χ2v) is 7.65. The third-order valence-electron chi connectivity index (χ3n) is 3.90. The number of amides is 1. The highest BCUT2D eigenvalue weighted by Gasteiger charge is 2.25. The average molecular weight is 340 g/mol. The molecule has 2 N–H and O–H groups in total. The van der Waals surface area contributed by atoms with Gasteiger partial charge >= 0.3 is 0 Å². The minimum absolute atomic E-state index is 0.0450. The SMILES string of the molecule is O=C(Cc1ccc(S(=O)(=O)N2CCCCC2)cc1)NCCCO. The highest BCUT2D eigenvalue weighted by Crippen LogP contribution is 2.20. The standard InChI is InChI=1S/C16H24N2O4S/c19-12-4-9-17-16(20)13-14-5-7-15(8-6-14)23(21,22)18-10-2-1-3-11-18/h5-8,19H,1-4,9-13H2,(H,17,20). The van der Waals surface area contributed by atoms with Crippen molar-refractivity contribution in [1.82, 2.24) is 9.62 Å². The van der Waals surface area contributed by atoms with E-state index in [0.717, 1.165) is 24.8 Å². The molecule has 7 heteroatoms. The molecule has 2 rings (SSSR count). The van der Waals surface area contributed by atoms with Crippen LogP contribution in [-0.2, 0) is 21.2 Å². The van der Waals surface area contributed by atoms with Crippen molar-refractivity contribution in [3.05, 3.63) is 29.8 Å². The van der Waals surface area contributed by atoms with Gasteiger partial charge in [-0.05, 0) is 37.0 Å². The number of carbonyl (C=O) groups is 1. The molecule has 1 saturated heterocycles. The highest BCUT2D eigenvalue weighted by molar-refractivity contribution is 7.89. The summed E-state index contributed by atoms with van der Waals surface area (Å²) in [6.45, 7) is 1.65. The summed E-state index contributed by atoms with van der Waals surface area (Å²) in [5, 5.41) is 11.4. The Bertz CT molecular complexity index is 607. The Balaban J connectivity index is 1.97. The molecule has 23 heavy (non-hydrogen) atoms. The predicted molar refractivity (Wildman–Crippen MR) is 87.5 cm³/mol. The predicted octanol–water partition coefficient (Wildman–Crippen LogP) is 0.902. The van der Waals surface area contributed by atoms with Crippen LogP contribution in [0.2, 0.25) is 0 Å². The Morgan fingerprint density at radius 3 is 2.39 bits per heavy atom. The largest absolute Gasteiger partial charge is 0.396 e. The Morgan fingerprint density at radius 1 is 1.13 bits per heavy atom. The molecule has 128 valence electrons. The molecule has 1 aromatic rings. The minimum atomic E-state index is -3.42. The van der Waals surface area contributed by atoms with Gasteiger partial charge in [0.2, 0.25) is 15.9 Å². The quantitative estimate of drug-likeness (QED) is 0.722. The first-order valence-electron chi connectivity index (χ1n) is 8.00. The molecule has 0 saturated carbocycles. The molecule has 0 bridgehead atoms. The van der Waals surface area contributed by atoms with Crippen LogP contribution in [0.3, 0.4) is 0 Å². The molecular weight excluding hydrogens is 316 g/mol. The van der Waals surface area contributed by atoms with Gasteiger partial charge in [0.1, 0.15) is 0 Å². The van der Waals surface area contributed by atoms with Crippen LogP contribution in [0, 0.1) is 0 Å². The third kappa shape index (κ3) is 5.02. The van der Waals surface area contributed by atoms with Crippen molar-refractivity contribution < 1.29 is 18.3 Å². The summed E-state index contributed by atoms with van der Waals surface area (Å²) in [6, 6.07) is 6.51. The van der Waals surface area contributed by atoms with Crippen LogP contribution in [0.5, 0.6) is 0 Å². The first-order chi connectivity index (χ1) is 11.0. The summed E-state index contributed by atoms with van der Waals surface area (Å²) in [7, 11) is -3.42.